The second-order valence-electron chi connectivity index (χ2n) is 1.84. The van der Waals surface area contributed by atoms with Gasteiger partial charge in [0.2, 0.25) is 0 Å². The Morgan fingerprint density at radius 2 is 2.25 bits per heavy atom. The van der Waals surface area contributed by atoms with Crippen molar-refractivity contribution in [2.45, 2.75) is 0 Å². The van der Waals surface area contributed by atoms with Crippen molar-refractivity contribution >= 4 is 35.6 Å². The summed E-state index contributed by atoms with van der Waals surface area (Å²) in [5.41, 5.74) is 5.14. The summed E-state index contributed by atoms with van der Waals surface area (Å²) in [5, 5.41) is 9.63. The summed E-state index contributed by atoms with van der Waals surface area (Å²) in [6, 6.07) is 5.06. The second kappa shape index (κ2) is 4.87. The average Bonchev–Trinajstić information content (AvgIpc) is 2.05. The quantitative estimate of drug-likeness (QED) is 0.528. The van der Waals surface area contributed by atoms with Crippen LogP contribution in [0.25, 0.3) is 0 Å². The standard InChI is InChI=1S/C6H7N3OS.ClH/c7-6(11)9(10)5-3-1-2-4-8-5;/h1-4,10H,(H2,7,11);1H. The summed E-state index contributed by atoms with van der Waals surface area (Å²) >= 11 is 4.51. The molecule has 0 saturated heterocycles. The number of anilines is 1. The highest BCUT2D eigenvalue weighted by molar-refractivity contribution is 7.80. The fourth-order valence-corrected chi connectivity index (χ4v) is 0.685. The summed E-state index contributed by atoms with van der Waals surface area (Å²) in [6.07, 6.45) is 1.54. The van der Waals surface area contributed by atoms with Gasteiger partial charge in [0.15, 0.2) is 10.9 Å². The molecular formula is C6H8ClN3OS. The first kappa shape index (κ1) is 11.1. The summed E-state index contributed by atoms with van der Waals surface area (Å²) in [7, 11) is 0. The summed E-state index contributed by atoms with van der Waals surface area (Å²) in [4.78, 5) is 3.81. The molecule has 1 heterocycles. The fourth-order valence-electron chi connectivity index (χ4n) is 0.592. The molecule has 0 amide bonds. The molecule has 1 aromatic heterocycles. The van der Waals surface area contributed by atoms with E-state index in [0.717, 1.165) is 0 Å². The Bertz CT molecular complexity index is 256. The average molecular weight is 206 g/mol. The van der Waals surface area contributed by atoms with Crippen LogP contribution in [0.4, 0.5) is 5.82 Å². The molecule has 66 valence electrons. The third-order valence-electron chi connectivity index (χ3n) is 1.08. The van der Waals surface area contributed by atoms with E-state index in [1.807, 2.05) is 0 Å². The van der Waals surface area contributed by atoms with Crippen molar-refractivity contribution in [1.82, 2.24) is 4.98 Å². The highest BCUT2D eigenvalue weighted by Gasteiger charge is 2.04. The topological polar surface area (TPSA) is 62.4 Å². The van der Waals surface area contributed by atoms with Gasteiger partial charge < -0.3 is 5.73 Å². The van der Waals surface area contributed by atoms with Crippen molar-refractivity contribution in [1.29, 1.82) is 0 Å². The number of nitrogens with zero attached hydrogens (tertiary/aromatic N) is 2. The molecule has 0 unspecified atom stereocenters. The lowest BCUT2D eigenvalue weighted by molar-refractivity contribution is 0.310. The van der Waals surface area contributed by atoms with Gasteiger partial charge in [-0.05, 0) is 24.4 Å². The van der Waals surface area contributed by atoms with Crippen LogP contribution in [0.5, 0.6) is 0 Å². The van der Waals surface area contributed by atoms with Crippen LogP contribution in [0.1, 0.15) is 0 Å². The monoisotopic (exact) mass is 205 g/mol. The summed E-state index contributed by atoms with van der Waals surface area (Å²) < 4.78 is 0. The van der Waals surface area contributed by atoms with Gasteiger partial charge in [-0.1, -0.05) is 6.07 Å². The zero-order valence-electron chi connectivity index (χ0n) is 6.04. The lowest BCUT2D eigenvalue weighted by Crippen LogP contribution is -2.32. The molecule has 0 saturated carbocycles. The predicted molar refractivity (Wildman–Crippen MR) is 52.5 cm³/mol. The Labute approximate surface area is 81.4 Å². The first-order chi connectivity index (χ1) is 5.22. The first-order valence-electron chi connectivity index (χ1n) is 2.91. The minimum Gasteiger partial charge on any atom is -0.374 e. The Morgan fingerprint density at radius 3 is 2.67 bits per heavy atom. The van der Waals surface area contributed by atoms with E-state index in [-0.39, 0.29) is 17.5 Å². The highest BCUT2D eigenvalue weighted by Crippen LogP contribution is 2.04. The van der Waals surface area contributed by atoms with E-state index in [1.165, 1.54) is 6.20 Å². The van der Waals surface area contributed by atoms with E-state index in [0.29, 0.717) is 10.9 Å². The third-order valence-corrected chi connectivity index (χ3v) is 1.25. The molecule has 4 nitrogen and oxygen atoms in total. The zero-order valence-corrected chi connectivity index (χ0v) is 7.68. The number of nitrogens with two attached hydrogens (primary N) is 1. The normalized spacial score (nSPS) is 8.42. The number of halogens is 1. The molecule has 0 aliphatic carbocycles. The lowest BCUT2D eigenvalue weighted by atomic mass is 10.5. The van der Waals surface area contributed by atoms with E-state index < -0.39 is 0 Å². The molecule has 12 heavy (non-hydrogen) atoms. The van der Waals surface area contributed by atoms with Gasteiger partial charge in [0.05, 0.1) is 0 Å². The van der Waals surface area contributed by atoms with Gasteiger partial charge in [-0.2, -0.15) is 5.06 Å². The van der Waals surface area contributed by atoms with Crippen molar-refractivity contribution < 1.29 is 5.21 Å². The largest absolute Gasteiger partial charge is 0.374 e. The van der Waals surface area contributed by atoms with Crippen molar-refractivity contribution in [2.24, 2.45) is 5.73 Å². The van der Waals surface area contributed by atoms with Crippen LogP contribution in [-0.2, 0) is 0 Å². The van der Waals surface area contributed by atoms with Gasteiger partial charge in [-0.15, -0.1) is 12.4 Å². The van der Waals surface area contributed by atoms with Gasteiger partial charge >= 0.3 is 0 Å². The molecule has 6 heteroatoms. The van der Waals surface area contributed by atoms with Gasteiger partial charge in [-0.25, -0.2) is 4.98 Å². The number of hydrogen-bond donors (Lipinski definition) is 2. The summed E-state index contributed by atoms with van der Waals surface area (Å²) in [6.45, 7) is 0. The zero-order chi connectivity index (χ0) is 8.27. The van der Waals surface area contributed by atoms with Crippen molar-refractivity contribution in [3.8, 4) is 0 Å². The molecular weight excluding hydrogens is 198 g/mol. The van der Waals surface area contributed by atoms with Gasteiger partial charge in [-0.3, -0.25) is 5.21 Å². The smallest absolute Gasteiger partial charge is 0.197 e. The van der Waals surface area contributed by atoms with Gasteiger partial charge in [0.1, 0.15) is 0 Å². The number of rotatable bonds is 1. The van der Waals surface area contributed by atoms with E-state index in [1.54, 1.807) is 18.2 Å². The molecule has 3 N–H and O–H groups in total. The Kier molecular flexibility index (Phi) is 4.50. The van der Waals surface area contributed by atoms with Crippen LogP contribution < -0.4 is 10.8 Å². The molecule has 0 atom stereocenters. The molecule has 0 aliphatic rings. The maximum absolute atomic E-state index is 9.10. The van der Waals surface area contributed by atoms with E-state index in [9.17, 15) is 0 Å². The minimum atomic E-state index is -0.122. The molecule has 1 rings (SSSR count). The van der Waals surface area contributed by atoms with Crippen LogP contribution in [0, 0.1) is 0 Å². The number of aromatic nitrogens is 1. The fraction of sp³-hybridized carbons (Fsp3) is 0. The molecule has 1 aromatic rings. The van der Waals surface area contributed by atoms with Gasteiger partial charge in [0.25, 0.3) is 0 Å². The Hall–Kier alpha value is -0.910. The minimum absolute atomic E-state index is 0. The van der Waals surface area contributed by atoms with Crippen LogP contribution >= 0.6 is 24.6 Å². The maximum atomic E-state index is 9.10. The third kappa shape index (κ3) is 2.61. The maximum Gasteiger partial charge on any atom is 0.197 e. The second-order valence-corrected chi connectivity index (χ2v) is 2.26. The van der Waals surface area contributed by atoms with Crippen LogP contribution in [-0.4, -0.2) is 15.3 Å². The molecule has 0 spiro atoms. The molecule has 0 fully saturated rings. The molecule has 0 aliphatic heterocycles. The van der Waals surface area contributed by atoms with Crippen LogP contribution in [0.15, 0.2) is 24.4 Å². The van der Waals surface area contributed by atoms with Crippen molar-refractivity contribution in [3.05, 3.63) is 24.4 Å². The Balaban J connectivity index is 0.00000121. The van der Waals surface area contributed by atoms with Gasteiger partial charge in [0, 0.05) is 6.20 Å². The summed E-state index contributed by atoms with van der Waals surface area (Å²) in [5.74, 6) is 0.319. The predicted octanol–water partition coefficient (Wildman–Crippen LogP) is 0.943. The number of hydroxylamine groups is 1. The lowest BCUT2D eigenvalue weighted by Gasteiger charge is -2.11. The van der Waals surface area contributed by atoms with E-state index >= 15 is 0 Å². The highest BCUT2D eigenvalue weighted by atomic mass is 35.5. The van der Waals surface area contributed by atoms with Crippen molar-refractivity contribution in [2.75, 3.05) is 5.06 Å². The number of thiocarbonyl (C=S) groups is 1. The first-order valence-corrected chi connectivity index (χ1v) is 3.32. The van der Waals surface area contributed by atoms with Crippen molar-refractivity contribution in [3.63, 3.8) is 0 Å². The molecule has 0 radical (unpaired) electrons. The SMILES string of the molecule is Cl.NC(=S)N(O)c1ccccn1. The number of pyridine rings is 1. The molecule has 0 aromatic carbocycles. The Morgan fingerprint density at radius 1 is 1.58 bits per heavy atom. The van der Waals surface area contributed by atoms with E-state index in [2.05, 4.69) is 17.2 Å². The van der Waals surface area contributed by atoms with E-state index in [4.69, 9.17) is 10.9 Å². The van der Waals surface area contributed by atoms with Crippen LogP contribution in [0.3, 0.4) is 0 Å². The van der Waals surface area contributed by atoms with Crippen LogP contribution in [0.2, 0.25) is 0 Å². The number of hydrogen-bond acceptors (Lipinski definition) is 3. The molecule has 0 bridgehead atoms.